The Balaban J connectivity index is 2.68. The zero-order valence-corrected chi connectivity index (χ0v) is 10.2. The lowest BCUT2D eigenvalue weighted by Crippen LogP contribution is -2.18. The molecule has 0 aromatic carbocycles. The minimum absolute atomic E-state index is 0.245. The van der Waals surface area contributed by atoms with Gasteiger partial charge >= 0.3 is 0 Å². The first-order valence-electron chi connectivity index (χ1n) is 5.64. The molecule has 2 aromatic heterocycles. The number of pyridine rings is 1. The lowest BCUT2D eigenvalue weighted by molar-refractivity contribution is 0.520. The van der Waals surface area contributed by atoms with E-state index < -0.39 is 0 Å². The van der Waals surface area contributed by atoms with Gasteiger partial charge in [0.05, 0.1) is 17.8 Å². The van der Waals surface area contributed by atoms with E-state index in [2.05, 4.69) is 40.6 Å². The van der Waals surface area contributed by atoms with E-state index >= 15 is 0 Å². The topological polar surface area (TPSA) is 42.7 Å². The third-order valence-electron chi connectivity index (χ3n) is 2.86. The number of aromatic nitrogens is 3. The number of hydrogen-bond donors (Lipinski definition) is 1. The molecule has 0 bridgehead atoms. The standard InChI is InChI=1S/C12H18N4/c1-8(2)16-11-5-6-14-7-10(11)15-12(16)9(3)13-4/h5-9,13H,1-4H3. The Kier molecular flexibility index (Phi) is 2.92. The monoisotopic (exact) mass is 218 g/mol. The van der Waals surface area contributed by atoms with Crippen LogP contribution >= 0.6 is 0 Å². The third-order valence-corrected chi connectivity index (χ3v) is 2.86. The Morgan fingerprint density at radius 1 is 1.31 bits per heavy atom. The molecule has 1 unspecified atom stereocenters. The maximum absolute atomic E-state index is 4.64. The van der Waals surface area contributed by atoms with Crippen molar-refractivity contribution in [3.8, 4) is 0 Å². The van der Waals surface area contributed by atoms with E-state index in [4.69, 9.17) is 0 Å². The minimum atomic E-state index is 0.245. The summed E-state index contributed by atoms with van der Waals surface area (Å²) in [6.07, 6.45) is 3.64. The van der Waals surface area contributed by atoms with Gasteiger partial charge in [-0.1, -0.05) is 0 Å². The van der Waals surface area contributed by atoms with Crippen molar-refractivity contribution in [2.24, 2.45) is 0 Å². The van der Waals surface area contributed by atoms with E-state index in [1.807, 2.05) is 25.5 Å². The van der Waals surface area contributed by atoms with Gasteiger partial charge in [-0.2, -0.15) is 0 Å². The molecule has 0 aliphatic carbocycles. The molecule has 16 heavy (non-hydrogen) atoms. The van der Waals surface area contributed by atoms with Crippen LogP contribution < -0.4 is 5.32 Å². The maximum Gasteiger partial charge on any atom is 0.127 e. The molecule has 1 atom stereocenters. The van der Waals surface area contributed by atoms with E-state index in [1.165, 1.54) is 0 Å². The highest BCUT2D eigenvalue weighted by Crippen LogP contribution is 2.23. The lowest BCUT2D eigenvalue weighted by Gasteiger charge is -2.16. The van der Waals surface area contributed by atoms with Crippen molar-refractivity contribution in [3.05, 3.63) is 24.3 Å². The van der Waals surface area contributed by atoms with Crippen molar-refractivity contribution in [1.82, 2.24) is 19.9 Å². The molecule has 0 spiro atoms. The van der Waals surface area contributed by atoms with Gasteiger partial charge in [0.2, 0.25) is 0 Å². The zero-order chi connectivity index (χ0) is 11.7. The second-order valence-corrected chi connectivity index (χ2v) is 4.31. The first-order valence-corrected chi connectivity index (χ1v) is 5.64. The summed E-state index contributed by atoms with van der Waals surface area (Å²) in [5.41, 5.74) is 2.12. The van der Waals surface area contributed by atoms with Crippen molar-refractivity contribution in [3.63, 3.8) is 0 Å². The van der Waals surface area contributed by atoms with Gasteiger partial charge in [-0.05, 0) is 33.9 Å². The fourth-order valence-corrected chi connectivity index (χ4v) is 1.95. The third kappa shape index (κ3) is 1.69. The van der Waals surface area contributed by atoms with Crippen molar-refractivity contribution >= 4 is 11.0 Å². The normalized spacial score (nSPS) is 13.6. The highest BCUT2D eigenvalue weighted by atomic mass is 15.1. The summed E-state index contributed by atoms with van der Waals surface area (Å²) < 4.78 is 2.26. The second kappa shape index (κ2) is 4.22. The van der Waals surface area contributed by atoms with Crippen molar-refractivity contribution in [2.45, 2.75) is 32.9 Å². The first-order chi connectivity index (χ1) is 7.65. The fraction of sp³-hybridized carbons (Fsp3) is 0.500. The molecule has 1 N–H and O–H groups in total. The highest BCUT2D eigenvalue weighted by molar-refractivity contribution is 5.75. The Labute approximate surface area is 95.7 Å². The predicted octanol–water partition coefficient (Wildman–Crippen LogP) is 2.29. The summed E-state index contributed by atoms with van der Waals surface area (Å²) in [5, 5.41) is 3.23. The van der Waals surface area contributed by atoms with E-state index in [1.54, 1.807) is 0 Å². The van der Waals surface area contributed by atoms with Crippen LogP contribution in [0.3, 0.4) is 0 Å². The summed E-state index contributed by atoms with van der Waals surface area (Å²) >= 11 is 0. The minimum Gasteiger partial charge on any atom is -0.324 e. The fourth-order valence-electron chi connectivity index (χ4n) is 1.95. The zero-order valence-electron chi connectivity index (χ0n) is 10.2. The highest BCUT2D eigenvalue weighted by Gasteiger charge is 2.16. The molecule has 2 rings (SSSR count). The summed E-state index contributed by atoms with van der Waals surface area (Å²) in [6.45, 7) is 6.47. The van der Waals surface area contributed by atoms with Gasteiger partial charge in [0.15, 0.2) is 0 Å². The van der Waals surface area contributed by atoms with Crippen LogP contribution in [-0.4, -0.2) is 21.6 Å². The molecule has 4 nitrogen and oxygen atoms in total. The molecule has 0 fully saturated rings. The molecule has 2 heterocycles. The first kappa shape index (κ1) is 11.1. The van der Waals surface area contributed by atoms with Gasteiger partial charge in [-0.25, -0.2) is 4.98 Å². The van der Waals surface area contributed by atoms with Gasteiger partial charge in [0.1, 0.15) is 11.3 Å². The molecular formula is C12H18N4. The Hall–Kier alpha value is -1.42. The molecule has 86 valence electrons. The number of rotatable bonds is 3. The molecule has 4 heteroatoms. The van der Waals surface area contributed by atoms with E-state index in [0.29, 0.717) is 6.04 Å². The van der Waals surface area contributed by atoms with Gasteiger partial charge in [-0.3, -0.25) is 4.98 Å². The SMILES string of the molecule is CNC(C)c1nc2cnccc2n1C(C)C. The quantitative estimate of drug-likeness (QED) is 0.859. The Morgan fingerprint density at radius 3 is 2.69 bits per heavy atom. The van der Waals surface area contributed by atoms with Gasteiger partial charge in [-0.15, -0.1) is 0 Å². The number of fused-ring (bicyclic) bond motifs is 1. The van der Waals surface area contributed by atoms with Crippen molar-refractivity contribution in [1.29, 1.82) is 0 Å². The predicted molar refractivity (Wildman–Crippen MR) is 65.4 cm³/mol. The average molecular weight is 218 g/mol. The Bertz CT molecular complexity index is 487. The Morgan fingerprint density at radius 2 is 2.06 bits per heavy atom. The molecular weight excluding hydrogens is 200 g/mol. The number of nitrogens with one attached hydrogen (secondary N) is 1. The van der Waals surface area contributed by atoms with Crippen LogP contribution in [0, 0.1) is 0 Å². The number of imidazole rings is 1. The maximum atomic E-state index is 4.64. The van der Waals surface area contributed by atoms with Gasteiger partial charge < -0.3 is 9.88 Å². The number of nitrogens with zero attached hydrogens (tertiary/aromatic N) is 3. The lowest BCUT2D eigenvalue weighted by atomic mass is 10.3. The average Bonchev–Trinajstić information content (AvgIpc) is 2.67. The largest absolute Gasteiger partial charge is 0.324 e. The summed E-state index contributed by atoms with van der Waals surface area (Å²) in [4.78, 5) is 8.76. The van der Waals surface area contributed by atoms with Crippen LogP contribution in [0.5, 0.6) is 0 Å². The molecule has 0 saturated carbocycles. The molecule has 0 radical (unpaired) electrons. The van der Waals surface area contributed by atoms with E-state index in [-0.39, 0.29) is 6.04 Å². The second-order valence-electron chi connectivity index (χ2n) is 4.31. The molecule has 0 amide bonds. The molecule has 0 saturated heterocycles. The molecule has 2 aromatic rings. The van der Waals surface area contributed by atoms with Crippen LogP contribution in [0.2, 0.25) is 0 Å². The van der Waals surface area contributed by atoms with Gasteiger partial charge in [0.25, 0.3) is 0 Å². The van der Waals surface area contributed by atoms with Crippen LogP contribution in [-0.2, 0) is 0 Å². The van der Waals surface area contributed by atoms with Crippen molar-refractivity contribution < 1.29 is 0 Å². The molecule has 0 aliphatic rings. The van der Waals surface area contributed by atoms with Crippen LogP contribution in [0.1, 0.15) is 38.7 Å². The van der Waals surface area contributed by atoms with Crippen LogP contribution in [0.25, 0.3) is 11.0 Å². The van der Waals surface area contributed by atoms with E-state index in [0.717, 1.165) is 16.9 Å². The summed E-state index contributed by atoms with van der Waals surface area (Å²) in [5.74, 6) is 1.07. The summed E-state index contributed by atoms with van der Waals surface area (Å²) in [7, 11) is 1.95. The van der Waals surface area contributed by atoms with Gasteiger partial charge in [0, 0.05) is 12.2 Å². The van der Waals surface area contributed by atoms with Crippen LogP contribution in [0.15, 0.2) is 18.5 Å². The van der Waals surface area contributed by atoms with Crippen molar-refractivity contribution in [2.75, 3.05) is 7.05 Å². The summed E-state index contributed by atoms with van der Waals surface area (Å²) in [6, 6.07) is 2.67. The number of hydrogen-bond acceptors (Lipinski definition) is 3. The van der Waals surface area contributed by atoms with E-state index in [9.17, 15) is 0 Å². The smallest absolute Gasteiger partial charge is 0.127 e. The molecule has 0 aliphatic heterocycles. The van der Waals surface area contributed by atoms with Crippen LogP contribution in [0.4, 0.5) is 0 Å².